The number of aromatic nitrogens is 2. The van der Waals surface area contributed by atoms with Crippen LogP contribution in [0, 0.1) is 0 Å². The molecule has 92 valence electrons. The quantitative estimate of drug-likeness (QED) is 0.885. The normalized spacial score (nSPS) is 19.3. The lowest BCUT2D eigenvalue weighted by molar-refractivity contribution is -0.137. The van der Waals surface area contributed by atoms with Crippen molar-refractivity contribution in [3.63, 3.8) is 0 Å². The summed E-state index contributed by atoms with van der Waals surface area (Å²) in [7, 11) is 0. The van der Waals surface area contributed by atoms with Gasteiger partial charge in [0.2, 0.25) is 0 Å². The van der Waals surface area contributed by atoms with E-state index in [4.69, 9.17) is 0 Å². The molecule has 0 amide bonds. The number of carboxylic acids is 1. The molecule has 1 aromatic heterocycles. The zero-order valence-electron chi connectivity index (χ0n) is 9.48. The molecule has 1 aromatic carbocycles. The van der Waals surface area contributed by atoms with E-state index in [-0.39, 0.29) is 0 Å². The van der Waals surface area contributed by atoms with Crippen molar-refractivity contribution in [1.82, 2.24) is 9.97 Å². The number of anilines is 1. The number of thioether (sulfide) groups is 1. The predicted octanol–water partition coefficient (Wildman–Crippen LogP) is 1.59. The van der Waals surface area contributed by atoms with Gasteiger partial charge in [-0.05, 0) is 12.1 Å². The zero-order chi connectivity index (χ0) is 12.5. The molecule has 2 aromatic rings. The van der Waals surface area contributed by atoms with E-state index in [1.807, 2.05) is 29.2 Å². The number of rotatable bonds is 2. The van der Waals surface area contributed by atoms with Gasteiger partial charge < -0.3 is 10.0 Å². The van der Waals surface area contributed by atoms with Crippen LogP contribution < -0.4 is 4.90 Å². The molecule has 1 aliphatic rings. The van der Waals surface area contributed by atoms with Crippen molar-refractivity contribution in [2.45, 2.75) is 6.04 Å². The fourth-order valence-electron chi connectivity index (χ4n) is 2.08. The molecule has 1 N–H and O–H groups in total. The summed E-state index contributed by atoms with van der Waals surface area (Å²) in [4.78, 5) is 21.5. The van der Waals surface area contributed by atoms with Crippen LogP contribution in [0.15, 0.2) is 30.6 Å². The molecule has 0 aliphatic carbocycles. The lowest BCUT2D eigenvalue weighted by Gasteiger charge is -2.22. The number of fused-ring (bicyclic) bond motifs is 1. The molecule has 1 saturated heterocycles. The molecule has 1 aliphatic heterocycles. The van der Waals surface area contributed by atoms with E-state index in [9.17, 15) is 9.90 Å². The van der Waals surface area contributed by atoms with Crippen molar-refractivity contribution in [3.05, 3.63) is 30.6 Å². The molecule has 18 heavy (non-hydrogen) atoms. The molecular weight excluding hydrogens is 250 g/mol. The lowest BCUT2D eigenvalue weighted by Crippen LogP contribution is -2.38. The van der Waals surface area contributed by atoms with Gasteiger partial charge in [-0.2, -0.15) is 0 Å². The van der Waals surface area contributed by atoms with Gasteiger partial charge in [0.15, 0.2) is 0 Å². The number of aliphatic carboxylic acids is 1. The van der Waals surface area contributed by atoms with Crippen LogP contribution in [0.4, 0.5) is 5.82 Å². The van der Waals surface area contributed by atoms with Crippen molar-refractivity contribution in [3.8, 4) is 0 Å². The van der Waals surface area contributed by atoms with E-state index in [0.29, 0.717) is 17.4 Å². The Balaban J connectivity index is 2.11. The highest BCUT2D eigenvalue weighted by atomic mass is 32.2. The van der Waals surface area contributed by atoms with Gasteiger partial charge in [-0.25, -0.2) is 14.8 Å². The van der Waals surface area contributed by atoms with E-state index in [0.717, 1.165) is 10.9 Å². The SMILES string of the molecule is O=C(O)C1CSCN1c1ncnc2ccccc12. The summed E-state index contributed by atoms with van der Waals surface area (Å²) in [6.45, 7) is 0. The molecule has 2 heterocycles. The zero-order valence-corrected chi connectivity index (χ0v) is 10.3. The highest BCUT2D eigenvalue weighted by Crippen LogP contribution is 2.30. The smallest absolute Gasteiger partial charge is 0.327 e. The Bertz CT molecular complexity index is 599. The summed E-state index contributed by atoms with van der Waals surface area (Å²) in [5.41, 5.74) is 0.837. The Hall–Kier alpha value is -1.82. The third kappa shape index (κ3) is 1.78. The fourth-order valence-corrected chi connectivity index (χ4v) is 3.23. The average Bonchev–Trinajstić information content (AvgIpc) is 2.87. The van der Waals surface area contributed by atoms with E-state index < -0.39 is 12.0 Å². The molecule has 3 rings (SSSR count). The first-order valence-corrected chi connectivity index (χ1v) is 6.70. The number of carbonyl (C=O) groups is 1. The third-order valence-electron chi connectivity index (χ3n) is 2.96. The summed E-state index contributed by atoms with van der Waals surface area (Å²) in [6, 6.07) is 7.14. The van der Waals surface area contributed by atoms with Crippen molar-refractivity contribution in [2.24, 2.45) is 0 Å². The summed E-state index contributed by atoms with van der Waals surface area (Å²) in [5.74, 6) is 1.15. The third-order valence-corrected chi connectivity index (χ3v) is 3.97. The van der Waals surface area contributed by atoms with Crippen molar-refractivity contribution in [1.29, 1.82) is 0 Å². The Morgan fingerprint density at radius 3 is 3.06 bits per heavy atom. The van der Waals surface area contributed by atoms with Crippen molar-refractivity contribution >= 4 is 34.5 Å². The number of para-hydroxylation sites is 1. The molecule has 0 spiro atoms. The second-order valence-corrected chi connectivity index (χ2v) is 5.04. The molecule has 0 radical (unpaired) electrons. The van der Waals surface area contributed by atoms with Crippen molar-refractivity contribution in [2.75, 3.05) is 16.5 Å². The van der Waals surface area contributed by atoms with Crippen LogP contribution in [0.25, 0.3) is 10.9 Å². The Kier molecular flexibility index (Phi) is 2.79. The highest BCUT2D eigenvalue weighted by Gasteiger charge is 2.32. The monoisotopic (exact) mass is 261 g/mol. The topological polar surface area (TPSA) is 66.3 Å². The van der Waals surface area contributed by atoms with E-state index >= 15 is 0 Å². The minimum absolute atomic E-state index is 0.506. The number of hydrogen-bond donors (Lipinski definition) is 1. The first-order chi connectivity index (χ1) is 8.77. The molecular formula is C12H11N3O2S. The molecule has 1 fully saturated rings. The van der Waals surface area contributed by atoms with Gasteiger partial charge in [0, 0.05) is 11.1 Å². The second kappa shape index (κ2) is 4.45. The average molecular weight is 261 g/mol. The van der Waals surface area contributed by atoms with Crippen LogP contribution in [0.3, 0.4) is 0 Å². The molecule has 0 saturated carbocycles. The minimum atomic E-state index is -0.803. The van der Waals surface area contributed by atoms with Crippen LogP contribution in [0.2, 0.25) is 0 Å². The van der Waals surface area contributed by atoms with Crippen LogP contribution in [0.1, 0.15) is 0 Å². The highest BCUT2D eigenvalue weighted by molar-refractivity contribution is 7.99. The first kappa shape index (κ1) is 11.3. The van der Waals surface area contributed by atoms with E-state index in [2.05, 4.69) is 9.97 Å². The maximum Gasteiger partial charge on any atom is 0.327 e. The molecule has 6 heteroatoms. The summed E-state index contributed by atoms with van der Waals surface area (Å²) in [5, 5.41) is 10.1. The Morgan fingerprint density at radius 1 is 1.39 bits per heavy atom. The maximum atomic E-state index is 11.2. The Morgan fingerprint density at radius 2 is 2.22 bits per heavy atom. The van der Waals surface area contributed by atoms with E-state index in [1.54, 1.807) is 11.8 Å². The van der Waals surface area contributed by atoms with Gasteiger partial charge in [-0.1, -0.05) is 12.1 Å². The largest absolute Gasteiger partial charge is 0.480 e. The van der Waals surface area contributed by atoms with Gasteiger partial charge in [0.1, 0.15) is 18.2 Å². The van der Waals surface area contributed by atoms with Gasteiger partial charge in [-0.15, -0.1) is 11.8 Å². The van der Waals surface area contributed by atoms with Crippen LogP contribution in [-0.4, -0.2) is 38.7 Å². The van der Waals surface area contributed by atoms with Gasteiger partial charge in [0.25, 0.3) is 0 Å². The maximum absolute atomic E-state index is 11.2. The number of nitrogens with zero attached hydrogens (tertiary/aromatic N) is 3. The Labute approximate surface area is 108 Å². The first-order valence-electron chi connectivity index (χ1n) is 5.54. The van der Waals surface area contributed by atoms with Crippen LogP contribution >= 0.6 is 11.8 Å². The summed E-state index contributed by atoms with van der Waals surface area (Å²) < 4.78 is 0. The minimum Gasteiger partial charge on any atom is -0.480 e. The lowest BCUT2D eigenvalue weighted by atomic mass is 10.2. The number of carboxylic acid groups (broad SMARTS) is 1. The van der Waals surface area contributed by atoms with Gasteiger partial charge >= 0.3 is 5.97 Å². The summed E-state index contributed by atoms with van der Waals surface area (Å²) in [6.07, 6.45) is 1.49. The van der Waals surface area contributed by atoms with Crippen LogP contribution in [0.5, 0.6) is 0 Å². The number of hydrogen-bond acceptors (Lipinski definition) is 5. The predicted molar refractivity (Wildman–Crippen MR) is 70.8 cm³/mol. The van der Waals surface area contributed by atoms with Gasteiger partial charge in [0.05, 0.1) is 11.4 Å². The molecule has 5 nitrogen and oxygen atoms in total. The molecule has 0 bridgehead atoms. The van der Waals surface area contributed by atoms with E-state index in [1.165, 1.54) is 6.33 Å². The van der Waals surface area contributed by atoms with Crippen LogP contribution in [-0.2, 0) is 4.79 Å². The van der Waals surface area contributed by atoms with Crippen molar-refractivity contribution < 1.29 is 9.90 Å². The van der Waals surface area contributed by atoms with Gasteiger partial charge in [-0.3, -0.25) is 0 Å². The standard InChI is InChI=1S/C12H11N3O2S/c16-12(17)10-5-18-7-15(10)11-8-3-1-2-4-9(8)13-6-14-11/h1-4,6,10H,5,7H2,(H,16,17). The summed E-state index contributed by atoms with van der Waals surface area (Å²) >= 11 is 1.61. The number of benzene rings is 1. The molecule has 1 unspecified atom stereocenters. The second-order valence-electron chi connectivity index (χ2n) is 4.04. The molecule has 1 atom stereocenters. The fraction of sp³-hybridized carbons (Fsp3) is 0.250.